The highest BCUT2D eigenvalue weighted by Crippen LogP contribution is 2.27. The summed E-state index contributed by atoms with van der Waals surface area (Å²) in [4.78, 5) is 2.58. The van der Waals surface area contributed by atoms with Crippen LogP contribution in [0.3, 0.4) is 0 Å². The summed E-state index contributed by atoms with van der Waals surface area (Å²) in [5.74, 6) is 0. The van der Waals surface area contributed by atoms with Crippen molar-refractivity contribution >= 4 is 0 Å². The third-order valence-corrected chi connectivity index (χ3v) is 3.31. The van der Waals surface area contributed by atoms with Crippen molar-refractivity contribution < 1.29 is 0 Å². The Morgan fingerprint density at radius 2 is 1.93 bits per heavy atom. The smallest absolute Gasteiger partial charge is 0.00998 e. The first-order chi connectivity index (χ1) is 6.45. The van der Waals surface area contributed by atoms with Gasteiger partial charge in [-0.1, -0.05) is 27.7 Å². The minimum Gasteiger partial charge on any atom is -0.327 e. The van der Waals surface area contributed by atoms with Gasteiger partial charge in [0.05, 0.1) is 0 Å². The number of nitrogens with two attached hydrogens (primary N) is 1. The second-order valence-corrected chi connectivity index (χ2v) is 5.62. The lowest BCUT2D eigenvalue weighted by Crippen LogP contribution is -2.39. The van der Waals surface area contributed by atoms with Gasteiger partial charge in [0.15, 0.2) is 0 Å². The Morgan fingerprint density at radius 1 is 1.36 bits per heavy atom. The second-order valence-electron chi connectivity index (χ2n) is 5.62. The van der Waals surface area contributed by atoms with Gasteiger partial charge < -0.3 is 10.6 Å². The summed E-state index contributed by atoms with van der Waals surface area (Å²) in [6.07, 6.45) is 3.94. The fourth-order valence-corrected chi connectivity index (χ4v) is 1.78. The molecule has 1 aliphatic carbocycles. The Bertz CT molecular complexity index is 166. The van der Waals surface area contributed by atoms with Gasteiger partial charge in [0.1, 0.15) is 0 Å². The largest absolute Gasteiger partial charge is 0.327 e. The van der Waals surface area contributed by atoms with Crippen molar-refractivity contribution in [1.82, 2.24) is 4.90 Å². The molecule has 1 saturated carbocycles. The van der Waals surface area contributed by atoms with E-state index < -0.39 is 0 Å². The van der Waals surface area contributed by atoms with Crippen molar-refractivity contribution in [2.45, 2.75) is 59.0 Å². The van der Waals surface area contributed by atoms with E-state index in [2.05, 4.69) is 32.6 Å². The van der Waals surface area contributed by atoms with E-state index in [4.69, 9.17) is 5.73 Å². The molecule has 2 nitrogen and oxygen atoms in total. The third-order valence-electron chi connectivity index (χ3n) is 3.31. The van der Waals surface area contributed by atoms with Crippen LogP contribution < -0.4 is 5.73 Å². The number of hydrogen-bond acceptors (Lipinski definition) is 2. The zero-order valence-electron chi connectivity index (χ0n) is 10.2. The molecular formula is C12H26N2. The molecule has 0 saturated heterocycles. The molecule has 0 bridgehead atoms. The zero-order chi connectivity index (χ0) is 10.8. The molecule has 14 heavy (non-hydrogen) atoms. The van der Waals surface area contributed by atoms with E-state index in [0.717, 1.165) is 12.5 Å². The van der Waals surface area contributed by atoms with Crippen molar-refractivity contribution in [3.63, 3.8) is 0 Å². The molecule has 84 valence electrons. The summed E-state index contributed by atoms with van der Waals surface area (Å²) in [5, 5.41) is 0. The van der Waals surface area contributed by atoms with Crippen LogP contribution in [0.4, 0.5) is 0 Å². The highest BCUT2D eigenvalue weighted by molar-refractivity contribution is 4.85. The van der Waals surface area contributed by atoms with Crippen LogP contribution in [0.1, 0.15) is 47.0 Å². The number of rotatable bonds is 5. The van der Waals surface area contributed by atoms with Crippen LogP contribution in [0.15, 0.2) is 0 Å². The van der Waals surface area contributed by atoms with Crippen LogP contribution in [0.25, 0.3) is 0 Å². The Morgan fingerprint density at radius 3 is 2.29 bits per heavy atom. The predicted octanol–water partition coefficient (Wildman–Crippen LogP) is 2.23. The molecule has 1 fully saturated rings. The molecule has 0 amide bonds. The lowest BCUT2D eigenvalue weighted by Gasteiger charge is -2.29. The van der Waals surface area contributed by atoms with Gasteiger partial charge in [-0.05, 0) is 37.8 Å². The van der Waals surface area contributed by atoms with Crippen LogP contribution in [0.2, 0.25) is 0 Å². The van der Waals surface area contributed by atoms with Crippen LogP contribution in [0, 0.1) is 5.41 Å². The van der Waals surface area contributed by atoms with Gasteiger partial charge in [0.25, 0.3) is 0 Å². The maximum absolute atomic E-state index is 6.15. The molecule has 1 atom stereocenters. The molecule has 0 radical (unpaired) electrons. The van der Waals surface area contributed by atoms with Crippen LogP contribution >= 0.6 is 0 Å². The highest BCUT2D eigenvalue weighted by atomic mass is 15.2. The van der Waals surface area contributed by atoms with Crippen LogP contribution in [-0.2, 0) is 0 Å². The Labute approximate surface area is 88.8 Å². The Hall–Kier alpha value is -0.0800. The highest BCUT2D eigenvalue weighted by Gasteiger charge is 2.28. The Balaban J connectivity index is 2.24. The van der Waals surface area contributed by atoms with Crippen LogP contribution in [0.5, 0.6) is 0 Å². The van der Waals surface area contributed by atoms with E-state index >= 15 is 0 Å². The molecular weight excluding hydrogens is 172 g/mol. The predicted molar refractivity (Wildman–Crippen MR) is 62.3 cm³/mol. The van der Waals surface area contributed by atoms with Crippen molar-refractivity contribution in [3.8, 4) is 0 Å². The van der Waals surface area contributed by atoms with Crippen molar-refractivity contribution in [1.29, 1.82) is 0 Å². The zero-order valence-corrected chi connectivity index (χ0v) is 10.2. The quantitative estimate of drug-likeness (QED) is 0.734. The van der Waals surface area contributed by atoms with Gasteiger partial charge in [0, 0.05) is 12.1 Å². The summed E-state index contributed by atoms with van der Waals surface area (Å²) in [6, 6.07) is 1.21. The molecule has 1 unspecified atom stereocenters. The van der Waals surface area contributed by atoms with E-state index in [-0.39, 0.29) is 5.41 Å². The summed E-state index contributed by atoms with van der Waals surface area (Å²) in [6.45, 7) is 11.3. The standard InChI is InChI=1S/C12H26N2/c1-5-14(10-6-7-10)9-8-11(13)12(2,3)4/h10-11H,5-9,13H2,1-4H3. The molecule has 0 heterocycles. The first kappa shape index (κ1) is 12.0. The number of hydrogen-bond donors (Lipinski definition) is 1. The summed E-state index contributed by atoms with van der Waals surface area (Å²) in [7, 11) is 0. The minimum absolute atomic E-state index is 0.253. The van der Waals surface area contributed by atoms with E-state index in [1.807, 2.05) is 0 Å². The molecule has 0 aromatic carbocycles. The monoisotopic (exact) mass is 198 g/mol. The molecule has 2 heteroatoms. The molecule has 1 aliphatic rings. The van der Waals surface area contributed by atoms with E-state index in [1.165, 1.54) is 25.9 Å². The van der Waals surface area contributed by atoms with Gasteiger partial charge in [-0.25, -0.2) is 0 Å². The van der Waals surface area contributed by atoms with E-state index in [1.54, 1.807) is 0 Å². The average Bonchev–Trinajstić information content (AvgIpc) is 2.87. The van der Waals surface area contributed by atoms with Gasteiger partial charge in [-0.15, -0.1) is 0 Å². The second kappa shape index (κ2) is 4.63. The van der Waals surface area contributed by atoms with Gasteiger partial charge in [0.2, 0.25) is 0 Å². The lowest BCUT2D eigenvalue weighted by atomic mass is 9.85. The molecule has 0 aliphatic heterocycles. The maximum Gasteiger partial charge on any atom is 0.00998 e. The topological polar surface area (TPSA) is 29.3 Å². The first-order valence-corrected chi connectivity index (χ1v) is 5.94. The Kier molecular flexibility index (Phi) is 3.96. The molecule has 0 aromatic heterocycles. The van der Waals surface area contributed by atoms with Crippen molar-refractivity contribution in [3.05, 3.63) is 0 Å². The molecule has 1 rings (SSSR count). The fraction of sp³-hybridized carbons (Fsp3) is 1.00. The number of nitrogens with zero attached hydrogens (tertiary/aromatic N) is 1. The lowest BCUT2D eigenvalue weighted by molar-refractivity contribution is 0.228. The third kappa shape index (κ3) is 3.58. The van der Waals surface area contributed by atoms with E-state index in [0.29, 0.717) is 6.04 Å². The van der Waals surface area contributed by atoms with Gasteiger partial charge in [-0.3, -0.25) is 0 Å². The van der Waals surface area contributed by atoms with Crippen LogP contribution in [-0.4, -0.2) is 30.1 Å². The summed E-state index contributed by atoms with van der Waals surface area (Å²) >= 11 is 0. The summed E-state index contributed by atoms with van der Waals surface area (Å²) in [5.41, 5.74) is 6.40. The average molecular weight is 198 g/mol. The SMILES string of the molecule is CCN(CCC(N)C(C)(C)C)C1CC1. The summed E-state index contributed by atoms with van der Waals surface area (Å²) < 4.78 is 0. The van der Waals surface area contributed by atoms with Crippen molar-refractivity contribution in [2.24, 2.45) is 11.1 Å². The van der Waals surface area contributed by atoms with Gasteiger partial charge in [-0.2, -0.15) is 0 Å². The van der Waals surface area contributed by atoms with Crippen molar-refractivity contribution in [2.75, 3.05) is 13.1 Å². The molecule has 0 aromatic rings. The molecule has 2 N–H and O–H groups in total. The minimum atomic E-state index is 0.253. The normalized spacial score (nSPS) is 20.1. The fourth-order valence-electron chi connectivity index (χ4n) is 1.78. The van der Waals surface area contributed by atoms with E-state index in [9.17, 15) is 0 Å². The first-order valence-electron chi connectivity index (χ1n) is 5.94. The molecule has 0 spiro atoms. The van der Waals surface area contributed by atoms with Gasteiger partial charge >= 0.3 is 0 Å². The maximum atomic E-state index is 6.15.